The standard InChI is InChI=1S/C21H21ClN4O3S/c1-13-8-9-14(22)19-18(13)23-20(30-19)25(11-10-24(2)3)17(27)12-26-15-6-4-5-7-16(15)29-21(26)28/h4-9H,10-12H2,1-3H3. The molecule has 0 saturated carbocycles. The van der Waals surface area contributed by atoms with Crippen LogP contribution in [0.25, 0.3) is 21.3 Å². The lowest BCUT2D eigenvalue weighted by molar-refractivity contribution is -0.119. The van der Waals surface area contributed by atoms with Crippen molar-refractivity contribution in [2.24, 2.45) is 0 Å². The number of amides is 1. The van der Waals surface area contributed by atoms with E-state index in [0.29, 0.717) is 34.3 Å². The van der Waals surface area contributed by atoms with Gasteiger partial charge in [0.15, 0.2) is 10.7 Å². The van der Waals surface area contributed by atoms with Crippen LogP contribution in [0.15, 0.2) is 45.6 Å². The molecule has 30 heavy (non-hydrogen) atoms. The zero-order chi connectivity index (χ0) is 21.4. The molecule has 7 nitrogen and oxygen atoms in total. The van der Waals surface area contributed by atoms with Crippen LogP contribution < -0.4 is 10.7 Å². The lowest BCUT2D eigenvalue weighted by Crippen LogP contribution is -2.39. The number of carbonyl (C=O) groups is 1. The van der Waals surface area contributed by atoms with Crippen LogP contribution in [-0.2, 0) is 11.3 Å². The van der Waals surface area contributed by atoms with E-state index in [0.717, 1.165) is 15.8 Å². The molecule has 4 rings (SSSR count). The second kappa shape index (κ2) is 8.22. The number of halogens is 1. The third kappa shape index (κ3) is 3.86. The molecule has 9 heteroatoms. The molecule has 0 atom stereocenters. The van der Waals surface area contributed by atoms with E-state index in [4.69, 9.17) is 21.0 Å². The van der Waals surface area contributed by atoms with E-state index in [1.807, 2.05) is 38.1 Å². The molecule has 0 aliphatic heterocycles. The van der Waals surface area contributed by atoms with Gasteiger partial charge in [0.05, 0.1) is 20.8 Å². The Balaban J connectivity index is 1.72. The van der Waals surface area contributed by atoms with E-state index in [1.165, 1.54) is 15.9 Å². The Morgan fingerprint density at radius 1 is 1.20 bits per heavy atom. The molecule has 0 N–H and O–H groups in total. The molecule has 0 aliphatic rings. The van der Waals surface area contributed by atoms with Crippen molar-refractivity contribution in [1.29, 1.82) is 0 Å². The van der Waals surface area contributed by atoms with Crippen LogP contribution in [0.4, 0.5) is 5.13 Å². The number of para-hydroxylation sites is 2. The summed E-state index contributed by atoms with van der Waals surface area (Å²) in [5.41, 5.74) is 2.83. The summed E-state index contributed by atoms with van der Waals surface area (Å²) < 4.78 is 7.46. The quantitative estimate of drug-likeness (QED) is 0.452. The Bertz CT molecular complexity index is 1250. The number of fused-ring (bicyclic) bond motifs is 2. The molecule has 0 spiro atoms. The minimum atomic E-state index is -0.555. The minimum Gasteiger partial charge on any atom is -0.408 e. The first-order valence-corrected chi connectivity index (χ1v) is 10.6. The molecular weight excluding hydrogens is 424 g/mol. The van der Waals surface area contributed by atoms with Gasteiger partial charge in [-0.3, -0.25) is 14.3 Å². The Morgan fingerprint density at radius 3 is 2.70 bits per heavy atom. The normalized spacial score (nSPS) is 11.6. The summed E-state index contributed by atoms with van der Waals surface area (Å²) in [4.78, 5) is 33.9. The summed E-state index contributed by atoms with van der Waals surface area (Å²) >= 11 is 7.74. The molecule has 0 aliphatic carbocycles. The fraction of sp³-hybridized carbons (Fsp3) is 0.286. The van der Waals surface area contributed by atoms with Crippen molar-refractivity contribution in [2.45, 2.75) is 13.5 Å². The van der Waals surface area contributed by atoms with Gasteiger partial charge in [-0.2, -0.15) is 0 Å². The smallest absolute Gasteiger partial charge is 0.408 e. The van der Waals surface area contributed by atoms with Gasteiger partial charge in [-0.25, -0.2) is 9.78 Å². The highest BCUT2D eigenvalue weighted by molar-refractivity contribution is 7.23. The highest BCUT2D eigenvalue weighted by Gasteiger charge is 2.23. The average molecular weight is 445 g/mol. The number of likely N-dealkylation sites (N-methyl/N-ethyl adjacent to an activating group) is 1. The summed E-state index contributed by atoms with van der Waals surface area (Å²) in [6.45, 7) is 2.92. The van der Waals surface area contributed by atoms with Gasteiger partial charge in [0, 0.05) is 13.1 Å². The number of thiazole rings is 1. The van der Waals surface area contributed by atoms with Gasteiger partial charge >= 0.3 is 5.76 Å². The van der Waals surface area contributed by atoms with Crippen molar-refractivity contribution in [3.05, 3.63) is 57.5 Å². The number of hydrogen-bond donors (Lipinski definition) is 0. The van der Waals surface area contributed by atoms with Crippen molar-refractivity contribution < 1.29 is 9.21 Å². The fourth-order valence-electron chi connectivity index (χ4n) is 3.22. The van der Waals surface area contributed by atoms with Gasteiger partial charge in [0.1, 0.15) is 6.54 Å². The maximum Gasteiger partial charge on any atom is 0.420 e. The first kappa shape index (κ1) is 20.6. The van der Waals surface area contributed by atoms with Gasteiger partial charge in [-0.15, -0.1) is 0 Å². The number of hydrogen-bond acceptors (Lipinski definition) is 6. The molecule has 1 amide bonds. The minimum absolute atomic E-state index is 0.133. The molecule has 0 radical (unpaired) electrons. The van der Waals surface area contributed by atoms with Crippen LogP contribution in [0.3, 0.4) is 0 Å². The zero-order valence-corrected chi connectivity index (χ0v) is 18.5. The van der Waals surface area contributed by atoms with Crippen LogP contribution in [0.5, 0.6) is 0 Å². The second-order valence-electron chi connectivity index (χ2n) is 7.31. The molecule has 156 valence electrons. The summed E-state index contributed by atoms with van der Waals surface area (Å²) in [6, 6.07) is 10.8. The molecular formula is C21H21ClN4O3S. The molecule has 4 aromatic rings. The number of nitrogens with zero attached hydrogens (tertiary/aromatic N) is 4. The van der Waals surface area contributed by atoms with Crippen molar-refractivity contribution in [1.82, 2.24) is 14.5 Å². The number of aromatic nitrogens is 2. The summed E-state index contributed by atoms with van der Waals surface area (Å²) in [7, 11) is 3.88. The van der Waals surface area contributed by atoms with Crippen molar-refractivity contribution in [2.75, 3.05) is 32.1 Å². The van der Waals surface area contributed by atoms with Crippen LogP contribution >= 0.6 is 22.9 Å². The van der Waals surface area contributed by atoms with Crippen LogP contribution in [0.2, 0.25) is 5.02 Å². The summed E-state index contributed by atoms with van der Waals surface area (Å²) in [5, 5.41) is 1.17. The highest BCUT2D eigenvalue weighted by Crippen LogP contribution is 2.35. The van der Waals surface area contributed by atoms with Crippen LogP contribution in [0, 0.1) is 6.92 Å². The second-order valence-corrected chi connectivity index (χ2v) is 8.69. The maximum absolute atomic E-state index is 13.3. The van der Waals surface area contributed by atoms with Crippen molar-refractivity contribution >= 4 is 55.3 Å². The molecule has 0 fully saturated rings. The summed E-state index contributed by atoms with van der Waals surface area (Å²) in [5.74, 6) is -0.793. The molecule has 2 aromatic carbocycles. The lowest BCUT2D eigenvalue weighted by atomic mass is 10.2. The van der Waals surface area contributed by atoms with Gasteiger partial charge in [0.2, 0.25) is 5.91 Å². The topological polar surface area (TPSA) is 71.6 Å². The monoisotopic (exact) mass is 444 g/mol. The molecule has 2 aromatic heterocycles. The first-order chi connectivity index (χ1) is 14.3. The van der Waals surface area contributed by atoms with Crippen molar-refractivity contribution in [3.8, 4) is 0 Å². The predicted octanol–water partition coefficient (Wildman–Crippen LogP) is 3.76. The van der Waals surface area contributed by atoms with Gasteiger partial charge in [-0.1, -0.05) is 41.1 Å². The van der Waals surface area contributed by atoms with E-state index < -0.39 is 5.76 Å². The largest absolute Gasteiger partial charge is 0.420 e. The number of oxazole rings is 1. The lowest BCUT2D eigenvalue weighted by Gasteiger charge is -2.22. The third-order valence-electron chi connectivity index (χ3n) is 4.86. The Hall–Kier alpha value is -2.68. The average Bonchev–Trinajstić information content (AvgIpc) is 3.28. The number of anilines is 1. The van der Waals surface area contributed by atoms with Gasteiger partial charge in [-0.05, 0) is 44.8 Å². The SMILES string of the molecule is Cc1ccc(Cl)c2sc(N(CCN(C)C)C(=O)Cn3c(=O)oc4ccccc43)nc12. The van der Waals surface area contributed by atoms with E-state index in [-0.39, 0.29) is 12.5 Å². The highest BCUT2D eigenvalue weighted by atomic mass is 35.5. The number of carbonyl (C=O) groups excluding carboxylic acids is 1. The molecule has 0 saturated heterocycles. The van der Waals surface area contributed by atoms with E-state index in [1.54, 1.807) is 29.2 Å². The van der Waals surface area contributed by atoms with E-state index >= 15 is 0 Å². The maximum atomic E-state index is 13.3. The van der Waals surface area contributed by atoms with Gasteiger partial charge in [0.25, 0.3) is 0 Å². The summed E-state index contributed by atoms with van der Waals surface area (Å²) in [6.07, 6.45) is 0. The van der Waals surface area contributed by atoms with E-state index in [9.17, 15) is 9.59 Å². The Kier molecular flexibility index (Phi) is 5.64. The molecule has 0 bridgehead atoms. The Labute approximate surface area is 182 Å². The van der Waals surface area contributed by atoms with Crippen molar-refractivity contribution in [3.63, 3.8) is 0 Å². The van der Waals surface area contributed by atoms with Crippen LogP contribution in [0.1, 0.15) is 5.56 Å². The number of benzene rings is 2. The Morgan fingerprint density at radius 2 is 1.97 bits per heavy atom. The van der Waals surface area contributed by atoms with Gasteiger partial charge < -0.3 is 9.32 Å². The number of rotatable bonds is 6. The van der Waals surface area contributed by atoms with Crippen LogP contribution in [-0.4, -0.2) is 47.5 Å². The molecule has 2 heterocycles. The first-order valence-electron chi connectivity index (χ1n) is 9.44. The molecule has 0 unspecified atom stereocenters. The third-order valence-corrected chi connectivity index (χ3v) is 6.39. The number of aryl methyl sites for hydroxylation is 1. The zero-order valence-electron chi connectivity index (χ0n) is 16.9. The van der Waals surface area contributed by atoms with E-state index in [2.05, 4.69) is 0 Å². The fourth-order valence-corrected chi connectivity index (χ4v) is 4.58. The predicted molar refractivity (Wildman–Crippen MR) is 121 cm³/mol.